The second-order valence-electron chi connectivity index (χ2n) is 5.05. The van der Waals surface area contributed by atoms with E-state index in [1.54, 1.807) is 0 Å². The van der Waals surface area contributed by atoms with Crippen molar-refractivity contribution in [1.29, 1.82) is 0 Å². The Bertz CT molecular complexity index is 545. The number of hydrogen-bond acceptors (Lipinski definition) is 3. The van der Waals surface area contributed by atoms with Crippen molar-refractivity contribution in [3.63, 3.8) is 0 Å². The number of hydrogen-bond donors (Lipinski definition) is 1. The van der Waals surface area contributed by atoms with Crippen LogP contribution in [0.3, 0.4) is 0 Å². The topological polar surface area (TPSA) is 58.6 Å². The van der Waals surface area contributed by atoms with Crippen molar-refractivity contribution in [2.24, 2.45) is 5.92 Å². The van der Waals surface area contributed by atoms with Gasteiger partial charge in [-0.1, -0.05) is 13.8 Å². The molecule has 0 spiro atoms. The number of methoxy groups -OCH3 is 1. The summed E-state index contributed by atoms with van der Waals surface area (Å²) in [6.45, 7) is 3.71. The standard InChI is InChI=1S/C14H17FN2O3/c1-8(2)12-13(18)17(14(19)16-12)7-9-6-10(15)4-5-11(9)20-3/h4-6,8,12H,7H2,1-3H3,(H,16,19). The molecule has 0 saturated carbocycles. The molecule has 1 aliphatic rings. The zero-order chi connectivity index (χ0) is 14.9. The second kappa shape index (κ2) is 5.48. The number of benzene rings is 1. The van der Waals surface area contributed by atoms with E-state index in [0.717, 1.165) is 4.90 Å². The lowest BCUT2D eigenvalue weighted by Gasteiger charge is -2.16. The van der Waals surface area contributed by atoms with Gasteiger partial charge in [-0.25, -0.2) is 9.18 Å². The number of nitrogens with one attached hydrogen (secondary N) is 1. The maximum atomic E-state index is 13.3. The Labute approximate surface area is 116 Å². The van der Waals surface area contributed by atoms with E-state index < -0.39 is 17.9 Å². The van der Waals surface area contributed by atoms with Crippen molar-refractivity contribution in [3.05, 3.63) is 29.6 Å². The van der Waals surface area contributed by atoms with Crippen LogP contribution in [0.5, 0.6) is 5.75 Å². The van der Waals surface area contributed by atoms with Gasteiger partial charge < -0.3 is 10.1 Å². The fourth-order valence-electron chi connectivity index (χ4n) is 2.18. The highest BCUT2D eigenvalue weighted by Crippen LogP contribution is 2.23. The fraction of sp³-hybridized carbons (Fsp3) is 0.429. The van der Waals surface area contributed by atoms with Gasteiger partial charge in [0, 0.05) is 5.56 Å². The van der Waals surface area contributed by atoms with Crippen molar-refractivity contribution in [1.82, 2.24) is 10.2 Å². The number of imide groups is 1. The summed E-state index contributed by atoms with van der Waals surface area (Å²) in [4.78, 5) is 25.1. The summed E-state index contributed by atoms with van der Waals surface area (Å²) < 4.78 is 18.4. The lowest BCUT2D eigenvalue weighted by Crippen LogP contribution is -2.34. The van der Waals surface area contributed by atoms with Crippen LogP contribution in [0, 0.1) is 11.7 Å². The number of urea groups is 1. The van der Waals surface area contributed by atoms with E-state index in [1.807, 2.05) is 13.8 Å². The summed E-state index contributed by atoms with van der Waals surface area (Å²) in [7, 11) is 1.46. The Morgan fingerprint density at radius 2 is 2.10 bits per heavy atom. The molecule has 0 radical (unpaired) electrons. The highest BCUT2D eigenvalue weighted by Gasteiger charge is 2.39. The quantitative estimate of drug-likeness (QED) is 0.857. The molecule has 1 aromatic carbocycles. The van der Waals surface area contributed by atoms with Gasteiger partial charge in [-0.05, 0) is 24.1 Å². The van der Waals surface area contributed by atoms with E-state index in [2.05, 4.69) is 5.32 Å². The molecule has 2 rings (SSSR count). The zero-order valence-corrected chi connectivity index (χ0v) is 11.6. The molecule has 1 unspecified atom stereocenters. The smallest absolute Gasteiger partial charge is 0.325 e. The van der Waals surface area contributed by atoms with Crippen LogP contribution >= 0.6 is 0 Å². The first kappa shape index (κ1) is 14.3. The minimum absolute atomic E-state index is 0.00514. The van der Waals surface area contributed by atoms with E-state index >= 15 is 0 Å². The number of halogens is 1. The van der Waals surface area contributed by atoms with Gasteiger partial charge in [0.1, 0.15) is 17.6 Å². The lowest BCUT2D eigenvalue weighted by atomic mass is 10.0. The van der Waals surface area contributed by atoms with E-state index in [4.69, 9.17) is 4.74 Å². The van der Waals surface area contributed by atoms with E-state index in [9.17, 15) is 14.0 Å². The molecule has 0 bridgehead atoms. The first-order chi connectivity index (χ1) is 9.43. The van der Waals surface area contributed by atoms with Crippen LogP contribution in [0.15, 0.2) is 18.2 Å². The summed E-state index contributed by atoms with van der Waals surface area (Å²) >= 11 is 0. The number of rotatable bonds is 4. The maximum absolute atomic E-state index is 13.3. The third-order valence-electron chi connectivity index (χ3n) is 3.29. The Balaban J connectivity index is 2.24. The SMILES string of the molecule is COc1ccc(F)cc1CN1C(=O)NC(C(C)C)C1=O. The number of nitrogens with zero attached hydrogens (tertiary/aromatic N) is 1. The summed E-state index contributed by atoms with van der Waals surface area (Å²) in [5, 5.41) is 2.63. The summed E-state index contributed by atoms with van der Waals surface area (Å²) in [6.07, 6.45) is 0. The van der Waals surface area contributed by atoms with Crippen molar-refractivity contribution >= 4 is 11.9 Å². The number of ether oxygens (including phenoxy) is 1. The minimum atomic E-state index is -0.526. The van der Waals surface area contributed by atoms with E-state index in [0.29, 0.717) is 11.3 Å². The highest BCUT2D eigenvalue weighted by atomic mass is 19.1. The van der Waals surface area contributed by atoms with Gasteiger partial charge >= 0.3 is 6.03 Å². The first-order valence-corrected chi connectivity index (χ1v) is 6.38. The molecule has 1 N–H and O–H groups in total. The van der Waals surface area contributed by atoms with Crippen LogP contribution in [0.25, 0.3) is 0 Å². The van der Waals surface area contributed by atoms with Crippen LogP contribution < -0.4 is 10.1 Å². The van der Waals surface area contributed by atoms with Crippen molar-refractivity contribution in [2.75, 3.05) is 7.11 Å². The summed E-state index contributed by atoms with van der Waals surface area (Å²) in [5.74, 6) is -0.282. The van der Waals surface area contributed by atoms with Crippen molar-refractivity contribution in [2.45, 2.75) is 26.4 Å². The molecule has 1 fully saturated rings. The number of carbonyl (C=O) groups excluding carboxylic acids is 2. The van der Waals surface area contributed by atoms with Gasteiger partial charge in [0.15, 0.2) is 0 Å². The van der Waals surface area contributed by atoms with Gasteiger partial charge in [-0.2, -0.15) is 0 Å². The molecule has 1 aliphatic heterocycles. The Hall–Kier alpha value is -2.11. The largest absolute Gasteiger partial charge is 0.496 e. The third-order valence-corrected chi connectivity index (χ3v) is 3.29. The summed E-state index contributed by atoms with van der Waals surface area (Å²) in [5.41, 5.74) is 0.459. The van der Waals surface area contributed by atoms with Gasteiger partial charge in [-0.15, -0.1) is 0 Å². The molecular formula is C14H17FN2O3. The maximum Gasteiger partial charge on any atom is 0.325 e. The monoisotopic (exact) mass is 280 g/mol. The second-order valence-corrected chi connectivity index (χ2v) is 5.05. The molecule has 0 aliphatic carbocycles. The molecule has 1 saturated heterocycles. The van der Waals surface area contributed by atoms with Crippen molar-refractivity contribution in [3.8, 4) is 5.75 Å². The predicted molar refractivity (Wildman–Crippen MR) is 70.7 cm³/mol. The van der Waals surface area contributed by atoms with Crippen LogP contribution in [0.1, 0.15) is 19.4 Å². The number of carbonyl (C=O) groups is 2. The molecule has 3 amide bonds. The van der Waals surface area contributed by atoms with Gasteiger partial charge in [0.25, 0.3) is 5.91 Å². The molecule has 5 nitrogen and oxygen atoms in total. The number of amides is 3. The Morgan fingerprint density at radius 3 is 2.65 bits per heavy atom. The highest BCUT2D eigenvalue weighted by molar-refractivity contribution is 6.04. The van der Waals surface area contributed by atoms with Crippen LogP contribution in [0.4, 0.5) is 9.18 Å². The van der Waals surface area contributed by atoms with Crippen LogP contribution in [-0.2, 0) is 11.3 Å². The molecule has 1 heterocycles. The van der Waals surface area contributed by atoms with Gasteiger partial charge in [-0.3, -0.25) is 9.69 Å². The van der Waals surface area contributed by atoms with Crippen LogP contribution in [0.2, 0.25) is 0 Å². The van der Waals surface area contributed by atoms with Gasteiger partial charge in [0.2, 0.25) is 0 Å². The molecular weight excluding hydrogens is 263 g/mol. The molecule has 108 valence electrons. The fourth-order valence-corrected chi connectivity index (χ4v) is 2.18. The molecule has 0 aromatic heterocycles. The minimum Gasteiger partial charge on any atom is -0.496 e. The lowest BCUT2D eigenvalue weighted by molar-refractivity contribution is -0.128. The summed E-state index contributed by atoms with van der Waals surface area (Å²) in [6, 6.07) is 3.03. The van der Waals surface area contributed by atoms with Gasteiger partial charge in [0.05, 0.1) is 13.7 Å². The zero-order valence-electron chi connectivity index (χ0n) is 11.6. The molecule has 1 atom stereocenters. The Kier molecular flexibility index (Phi) is 3.92. The predicted octanol–water partition coefficient (Wildman–Crippen LogP) is 1.91. The average Bonchev–Trinajstić information content (AvgIpc) is 2.67. The molecule has 20 heavy (non-hydrogen) atoms. The molecule has 6 heteroatoms. The normalized spacial score (nSPS) is 18.6. The van der Waals surface area contributed by atoms with Crippen molar-refractivity contribution < 1.29 is 18.7 Å². The van der Waals surface area contributed by atoms with E-state index in [-0.39, 0.29) is 18.4 Å². The average molecular weight is 280 g/mol. The first-order valence-electron chi connectivity index (χ1n) is 6.38. The van der Waals surface area contributed by atoms with Crippen LogP contribution in [-0.4, -0.2) is 30.0 Å². The molecule has 1 aromatic rings. The third kappa shape index (κ3) is 2.59. The van der Waals surface area contributed by atoms with E-state index in [1.165, 1.54) is 25.3 Å². The Morgan fingerprint density at radius 1 is 1.40 bits per heavy atom.